The van der Waals surface area contributed by atoms with Gasteiger partial charge in [-0.25, -0.2) is 4.98 Å². The highest BCUT2D eigenvalue weighted by Gasteiger charge is 2.02. The van der Waals surface area contributed by atoms with Crippen molar-refractivity contribution in [2.24, 2.45) is 0 Å². The molecule has 0 unspecified atom stereocenters. The number of benzene rings is 1. The summed E-state index contributed by atoms with van der Waals surface area (Å²) in [6.45, 7) is 1.98. The van der Waals surface area contributed by atoms with Gasteiger partial charge in [-0.15, -0.1) is 0 Å². The third kappa shape index (κ3) is 3.17. The Morgan fingerprint density at radius 2 is 2.00 bits per heavy atom. The van der Waals surface area contributed by atoms with E-state index in [0.717, 1.165) is 15.8 Å². The molecule has 0 spiro atoms. The van der Waals surface area contributed by atoms with Gasteiger partial charge in [0.15, 0.2) is 0 Å². The first-order valence-electron chi connectivity index (χ1n) is 5.31. The van der Waals surface area contributed by atoms with Crippen molar-refractivity contribution in [1.29, 1.82) is 0 Å². The first-order chi connectivity index (χ1) is 8.29. The van der Waals surface area contributed by atoms with Crippen LogP contribution < -0.4 is 4.74 Å². The standard InChI is InChI=1S/C14H12BrNO/c1-2-5-11-6-3-4-7-13(11)17-14-9-8-12(15)10-16-14/h2-10H,1H3. The van der Waals surface area contributed by atoms with Crippen LogP contribution in [-0.4, -0.2) is 4.98 Å². The van der Waals surface area contributed by atoms with Crippen molar-refractivity contribution in [3.8, 4) is 11.6 Å². The molecule has 0 fully saturated rings. The van der Waals surface area contributed by atoms with Crippen LogP contribution in [0.3, 0.4) is 0 Å². The van der Waals surface area contributed by atoms with E-state index < -0.39 is 0 Å². The van der Waals surface area contributed by atoms with Gasteiger partial charge < -0.3 is 4.74 Å². The summed E-state index contributed by atoms with van der Waals surface area (Å²) < 4.78 is 6.67. The minimum atomic E-state index is 0.588. The molecule has 0 aliphatic rings. The van der Waals surface area contributed by atoms with Crippen LogP contribution in [0.25, 0.3) is 6.08 Å². The monoisotopic (exact) mass is 289 g/mol. The van der Waals surface area contributed by atoms with E-state index in [0.29, 0.717) is 5.88 Å². The number of ether oxygens (including phenoxy) is 1. The Morgan fingerprint density at radius 1 is 1.18 bits per heavy atom. The van der Waals surface area contributed by atoms with Gasteiger partial charge in [0.2, 0.25) is 5.88 Å². The van der Waals surface area contributed by atoms with Gasteiger partial charge in [0.05, 0.1) is 0 Å². The first-order valence-corrected chi connectivity index (χ1v) is 6.10. The summed E-state index contributed by atoms with van der Waals surface area (Å²) in [4.78, 5) is 4.18. The van der Waals surface area contributed by atoms with E-state index in [4.69, 9.17) is 4.74 Å². The van der Waals surface area contributed by atoms with Crippen molar-refractivity contribution < 1.29 is 4.74 Å². The van der Waals surface area contributed by atoms with Crippen LogP contribution in [0.1, 0.15) is 12.5 Å². The van der Waals surface area contributed by atoms with Gasteiger partial charge in [-0.1, -0.05) is 30.4 Å². The number of rotatable bonds is 3. The molecular weight excluding hydrogens is 278 g/mol. The summed E-state index contributed by atoms with van der Waals surface area (Å²) in [5.41, 5.74) is 1.04. The van der Waals surface area contributed by atoms with E-state index >= 15 is 0 Å². The van der Waals surface area contributed by atoms with Crippen molar-refractivity contribution in [2.45, 2.75) is 6.92 Å². The zero-order chi connectivity index (χ0) is 12.1. The second-order valence-corrected chi connectivity index (χ2v) is 4.37. The lowest BCUT2D eigenvalue weighted by molar-refractivity contribution is 0.461. The van der Waals surface area contributed by atoms with Crippen LogP contribution in [0.15, 0.2) is 53.1 Å². The highest BCUT2D eigenvalue weighted by atomic mass is 79.9. The third-order valence-corrected chi connectivity index (χ3v) is 2.65. The average Bonchev–Trinajstić information content (AvgIpc) is 2.35. The SMILES string of the molecule is CC=Cc1ccccc1Oc1ccc(Br)cn1. The summed E-state index contributed by atoms with van der Waals surface area (Å²) in [7, 11) is 0. The number of hydrogen-bond donors (Lipinski definition) is 0. The summed E-state index contributed by atoms with van der Waals surface area (Å²) in [6, 6.07) is 11.6. The van der Waals surface area contributed by atoms with E-state index in [9.17, 15) is 0 Å². The van der Waals surface area contributed by atoms with E-state index in [1.165, 1.54) is 0 Å². The lowest BCUT2D eigenvalue weighted by Crippen LogP contribution is -1.89. The lowest BCUT2D eigenvalue weighted by Gasteiger charge is -2.07. The molecule has 0 N–H and O–H groups in total. The van der Waals surface area contributed by atoms with Gasteiger partial charge in [0, 0.05) is 22.3 Å². The number of halogens is 1. The minimum Gasteiger partial charge on any atom is -0.438 e. The Labute approximate surface area is 109 Å². The number of allylic oxidation sites excluding steroid dienone is 1. The summed E-state index contributed by atoms with van der Waals surface area (Å²) in [5, 5.41) is 0. The Bertz CT molecular complexity index is 520. The molecule has 2 rings (SSSR count). The Balaban J connectivity index is 2.26. The molecule has 86 valence electrons. The predicted octanol–water partition coefficient (Wildman–Crippen LogP) is 4.67. The van der Waals surface area contributed by atoms with Gasteiger partial charge in [0.25, 0.3) is 0 Å². The first kappa shape index (κ1) is 11.9. The van der Waals surface area contributed by atoms with Crippen LogP contribution in [0.2, 0.25) is 0 Å². The number of para-hydroxylation sites is 1. The fourth-order valence-corrected chi connectivity index (χ4v) is 1.66. The molecule has 0 bridgehead atoms. The third-order valence-electron chi connectivity index (χ3n) is 2.18. The van der Waals surface area contributed by atoms with Gasteiger partial charge in [-0.3, -0.25) is 0 Å². The molecule has 1 heterocycles. The average molecular weight is 290 g/mol. The highest BCUT2D eigenvalue weighted by molar-refractivity contribution is 9.10. The molecule has 0 aliphatic heterocycles. The fourth-order valence-electron chi connectivity index (χ4n) is 1.43. The second kappa shape index (κ2) is 5.64. The largest absolute Gasteiger partial charge is 0.438 e. The van der Waals surface area contributed by atoms with E-state index in [2.05, 4.69) is 20.9 Å². The molecule has 2 nitrogen and oxygen atoms in total. The van der Waals surface area contributed by atoms with Crippen LogP contribution in [0.4, 0.5) is 0 Å². The Hall–Kier alpha value is -1.61. The number of hydrogen-bond acceptors (Lipinski definition) is 2. The van der Waals surface area contributed by atoms with Crippen LogP contribution in [-0.2, 0) is 0 Å². The van der Waals surface area contributed by atoms with E-state index in [-0.39, 0.29) is 0 Å². The molecule has 0 radical (unpaired) electrons. The molecule has 0 amide bonds. The zero-order valence-corrected chi connectivity index (χ0v) is 11.0. The topological polar surface area (TPSA) is 22.1 Å². The quantitative estimate of drug-likeness (QED) is 0.819. The normalized spacial score (nSPS) is 10.7. The molecule has 1 aromatic carbocycles. The minimum absolute atomic E-state index is 0.588. The molecule has 0 saturated heterocycles. The van der Waals surface area contributed by atoms with Gasteiger partial charge >= 0.3 is 0 Å². The van der Waals surface area contributed by atoms with Gasteiger partial charge in [0.1, 0.15) is 5.75 Å². The lowest BCUT2D eigenvalue weighted by atomic mass is 10.2. The van der Waals surface area contributed by atoms with Crippen LogP contribution in [0.5, 0.6) is 11.6 Å². The van der Waals surface area contributed by atoms with Crippen molar-refractivity contribution in [1.82, 2.24) is 4.98 Å². The Morgan fingerprint density at radius 3 is 2.71 bits per heavy atom. The zero-order valence-electron chi connectivity index (χ0n) is 9.43. The number of pyridine rings is 1. The summed E-state index contributed by atoms with van der Waals surface area (Å²) in [6.07, 6.45) is 5.71. The summed E-state index contributed by atoms with van der Waals surface area (Å²) in [5.74, 6) is 1.39. The molecular formula is C14H12BrNO. The summed E-state index contributed by atoms with van der Waals surface area (Å²) >= 11 is 3.34. The molecule has 3 heteroatoms. The number of aromatic nitrogens is 1. The van der Waals surface area contributed by atoms with Crippen LogP contribution >= 0.6 is 15.9 Å². The van der Waals surface area contributed by atoms with E-state index in [1.54, 1.807) is 6.20 Å². The van der Waals surface area contributed by atoms with Gasteiger partial charge in [-0.2, -0.15) is 0 Å². The highest BCUT2D eigenvalue weighted by Crippen LogP contribution is 2.25. The maximum atomic E-state index is 5.73. The van der Waals surface area contributed by atoms with Crippen LogP contribution in [0, 0.1) is 0 Å². The smallest absolute Gasteiger partial charge is 0.219 e. The van der Waals surface area contributed by atoms with Crippen molar-refractivity contribution in [3.05, 3.63) is 58.7 Å². The number of nitrogens with zero attached hydrogens (tertiary/aromatic N) is 1. The van der Waals surface area contributed by atoms with Crippen molar-refractivity contribution >= 4 is 22.0 Å². The fraction of sp³-hybridized carbons (Fsp3) is 0.0714. The van der Waals surface area contributed by atoms with Crippen molar-refractivity contribution in [3.63, 3.8) is 0 Å². The van der Waals surface area contributed by atoms with Crippen molar-refractivity contribution in [2.75, 3.05) is 0 Å². The molecule has 0 atom stereocenters. The molecule has 0 saturated carbocycles. The van der Waals surface area contributed by atoms with Gasteiger partial charge in [-0.05, 0) is 35.0 Å². The molecule has 2 aromatic rings. The second-order valence-electron chi connectivity index (χ2n) is 3.45. The Kier molecular flexibility index (Phi) is 3.94. The molecule has 17 heavy (non-hydrogen) atoms. The maximum Gasteiger partial charge on any atom is 0.219 e. The maximum absolute atomic E-state index is 5.73. The molecule has 0 aliphatic carbocycles. The predicted molar refractivity (Wildman–Crippen MR) is 73.2 cm³/mol. The molecule has 1 aromatic heterocycles. The van der Waals surface area contributed by atoms with E-state index in [1.807, 2.05) is 55.5 Å².